The Labute approximate surface area is 103 Å². The number of fused-ring (bicyclic) bond motifs is 1. The van der Waals surface area contributed by atoms with E-state index in [-0.39, 0.29) is 0 Å². The van der Waals surface area contributed by atoms with Gasteiger partial charge in [-0.1, -0.05) is 19.1 Å². The van der Waals surface area contributed by atoms with E-state index in [1.807, 2.05) is 0 Å². The molecule has 1 aliphatic carbocycles. The molecule has 0 bridgehead atoms. The minimum atomic E-state index is 0.339. The first-order valence-electron chi connectivity index (χ1n) is 6.75. The van der Waals surface area contributed by atoms with Crippen LogP contribution in [-0.2, 0) is 6.42 Å². The number of hydrogen-bond donors (Lipinski definition) is 1. The van der Waals surface area contributed by atoms with Crippen LogP contribution in [-0.4, -0.2) is 12.6 Å². The quantitative estimate of drug-likeness (QED) is 0.806. The van der Waals surface area contributed by atoms with Crippen LogP contribution in [0.5, 0.6) is 5.75 Å². The van der Waals surface area contributed by atoms with E-state index in [0.717, 1.165) is 24.7 Å². The minimum Gasteiger partial charge on any atom is -0.493 e. The van der Waals surface area contributed by atoms with Crippen molar-refractivity contribution in [2.75, 3.05) is 6.61 Å². The van der Waals surface area contributed by atoms with Gasteiger partial charge in [0.25, 0.3) is 0 Å². The summed E-state index contributed by atoms with van der Waals surface area (Å²) >= 11 is 0. The van der Waals surface area contributed by atoms with Gasteiger partial charge in [-0.3, -0.25) is 0 Å². The summed E-state index contributed by atoms with van der Waals surface area (Å²) in [4.78, 5) is 0. The van der Waals surface area contributed by atoms with E-state index in [1.165, 1.54) is 30.4 Å². The van der Waals surface area contributed by atoms with Gasteiger partial charge in [0.1, 0.15) is 5.75 Å². The summed E-state index contributed by atoms with van der Waals surface area (Å²) in [6, 6.07) is 7.01. The topological polar surface area (TPSA) is 35.2 Å². The summed E-state index contributed by atoms with van der Waals surface area (Å²) in [5.41, 5.74) is 9.08. The van der Waals surface area contributed by atoms with Crippen LogP contribution in [0.1, 0.15) is 43.2 Å². The normalized spacial score (nSPS) is 32.0. The highest BCUT2D eigenvalue weighted by Crippen LogP contribution is 2.37. The van der Waals surface area contributed by atoms with Crippen LogP contribution in [0.2, 0.25) is 0 Å². The molecule has 2 aliphatic rings. The smallest absolute Gasteiger partial charge is 0.122 e. The summed E-state index contributed by atoms with van der Waals surface area (Å²) in [5.74, 6) is 2.43. The molecular weight excluding hydrogens is 210 g/mol. The second kappa shape index (κ2) is 4.34. The summed E-state index contributed by atoms with van der Waals surface area (Å²) < 4.78 is 5.56. The van der Waals surface area contributed by atoms with Crippen molar-refractivity contribution in [2.24, 2.45) is 11.7 Å². The fraction of sp³-hybridized carbons (Fsp3) is 0.600. The molecule has 1 heterocycles. The number of hydrogen-bond acceptors (Lipinski definition) is 2. The average Bonchev–Trinajstić information content (AvgIpc) is 2.79. The maximum absolute atomic E-state index is 6.29. The van der Waals surface area contributed by atoms with E-state index in [2.05, 4.69) is 25.1 Å². The first-order chi connectivity index (χ1) is 8.24. The molecule has 2 N–H and O–H groups in total. The van der Waals surface area contributed by atoms with Crippen molar-refractivity contribution in [1.29, 1.82) is 0 Å². The van der Waals surface area contributed by atoms with Crippen molar-refractivity contribution >= 4 is 0 Å². The molecule has 2 heteroatoms. The van der Waals surface area contributed by atoms with Gasteiger partial charge in [-0.15, -0.1) is 0 Å². The lowest BCUT2D eigenvalue weighted by Gasteiger charge is -2.33. The van der Waals surface area contributed by atoms with Crippen LogP contribution in [0, 0.1) is 5.92 Å². The molecule has 1 aromatic rings. The van der Waals surface area contributed by atoms with Crippen molar-refractivity contribution in [3.63, 3.8) is 0 Å². The Hall–Kier alpha value is -1.02. The molecule has 0 amide bonds. The van der Waals surface area contributed by atoms with Gasteiger partial charge < -0.3 is 10.5 Å². The van der Waals surface area contributed by atoms with Crippen molar-refractivity contribution in [3.05, 3.63) is 29.3 Å². The second-order valence-electron chi connectivity index (χ2n) is 5.65. The largest absolute Gasteiger partial charge is 0.493 e. The predicted octanol–water partition coefficient (Wildman–Crippen LogP) is 2.85. The molecule has 1 aromatic carbocycles. The summed E-state index contributed by atoms with van der Waals surface area (Å²) in [6.07, 6.45) is 4.74. The van der Waals surface area contributed by atoms with E-state index in [9.17, 15) is 0 Å². The Morgan fingerprint density at radius 3 is 3.06 bits per heavy atom. The van der Waals surface area contributed by atoms with E-state index >= 15 is 0 Å². The van der Waals surface area contributed by atoms with Gasteiger partial charge in [-0.25, -0.2) is 0 Å². The molecule has 1 aliphatic heterocycles. The predicted molar refractivity (Wildman–Crippen MR) is 69.4 cm³/mol. The Morgan fingerprint density at radius 2 is 2.18 bits per heavy atom. The lowest BCUT2D eigenvalue weighted by Crippen LogP contribution is -2.33. The monoisotopic (exact) mass is 231 g/mol. The first-order valence-corrected chi connectivity index (χ1v) is 6.75. The number of rotatable bonds is 1. The lowest BCUT2D eigenvalue weighted by molar-refractivity contribution is 0.306. The Bertz CT molecular complexity index is 415. The van der Waals surface area contributed by atoms with E-state index in [4.69, 9.17) is 10.5 Å². The van der Waals surface area contributed by atoms with Gasteiger partial charge in [-0.05, 0) is 48.3 Å². The average molecular weight is 231 g/mol. The van der Waals surface area contributed by atoms with E-state index < -0.39 is 0 Å². The SMILES string of the molecule is CC1CCC(N)C(c2ccc3c(c2)CCO3)C1. The van der Waals surface area contributed by atoms with Crippen molar-refractivity contribution in [2.45, 2.75) is 44.6 Å². The van der Waals surface area contributed by atoms with Crippen LogP contribution in [0.15, 0.2) is 18.2 Å². The van der Waals surface area contributed by atoms with Crippen LogP contribution in [0.25, 0.3) is 0 Å². The van der Waals surface area contributed by atoms with E-state index in [0.29, 0.717) is 12.0 Å². The number of nitrogens with two attached hydrogens (primary N) is 1. The summed E-state index contributed by atoms with van der Waals surface area (Å²) in [7, 11) is 0. The molecule has 0 radical (unpaired) electrons. The Kier molecular flexibility index (Phi) is 2.83. The highest BCUT2D eigenvalue weighted by Gasteiger charge is 2.28. The van der Waals surface area contributed by atoms with Gasteiger partial charge in [0, 0.05) is 12.5 Å². The third-order valence-electron chi connectivity index (χ3n) is 4.31. The summed E-state index contributed by atoms with van der Waals surface area (Å²) in [5, 5.41) is 0. The third-order valence-corrected chi connectivity index (χ3v) is 4.31. The third kappa shape index (κ3) is 2.06. The maximum Gasteiger partial charge on any atom is 0.122 e. The van der Waals surface area contributed by atoms with Gasteiger partial charge in [0.15, 0.2) is 0 Å². The second-order valence-corrected chi connectivity index (χ2v) is 5.65. The molecule has 0 saturated heterocycles. The first kappa shape index (κ1) is 11.1. The molecule has 3 atom stereocenters. The Morgan fingerprint density at radius 1 is 1.29 bits per heavy atom. The standard InChI is InChI=1S/C15H21NO/c1-10-2-4-14(16)13(8-10)11-3-5-15-12(9-11)6-7-17-15/h3,5,9-10,13-14H,2,4,6-8,16H2,1H3. The molecule has 2 nitrogen and oxygen atoms in total. The van der Waals surface area contributed by atoms with Crippen LogP contribution in [0.4, 0.5) is 0 Å². The van der Waals surface area contributed by atoms with Crippen LogP contribution < -0.4 is 10.5 Å². The maximum atomic E-state index is 6.29. The summed E-state index contributed by atoms with van der Waals surface area (Å²) in [6.45, 7) is 3.18. The van der Waals surface area contributed by atoms with Crippen molar-refractivity contribution < 1.29 is 4.74 Å². The molecule has 3 rings (SSSR count). The van der Waals surface area contributed by atoms with Gasteiger partial charge in [0.05, 0.1) is 6.61 Å². The van der Waals surface area contributed by atoms with Crippen molar-refractivity contribution in [1.82, 2.24) is 0 Å². The molecule has 0 aromatic heterocycles. The molecule has 92 valence electrons. The molecule has 1 saturated carbocycles. The van der Waals surface area contributed by atoms with Gasteiger partial charge >= 0.3 is 0 Å². The van der Waals surface area contributed by atoms with Crippen LogP contribution in [0.3, 0.4) is 0 Å². The van der Waals surface area contributed by atoms with Crippen molar-refractivity contribution in [3.8, 4) is 5.75 Å². The molecule has 17 heavy (non-hydrogen) atoms. The zero-order chi connectivity index (χ0) is 11.8. The van der Waals surface area contributed by atoms with E-state index in [1.54, 1.807) is 0 Å². The molecule has 1 fully saturated rings. The van der Waals surface area contributed by atoms with Gasteiger partial charge in [-0.2, -0.15) is 0 Å². The highest BCUT2D eigenvalue weighted by atomic mass is 16.5. The zero-order valence-corrected chi connectivity index (χ0v) is 10.5. The number of benzene rings is 1. The minimum absolute atomic E-state index is 0.339. The lowest BCUT2D eigenvalue weighted by atomic mass is 9.75. The fourth-order valence-corrected chi connectivity index (χ4v) is 3.22. The fourth-order valence-electron chi connectivity index (χ4n) is 3.22. The van der Waals surface area contributed by atoms with Crippen LogP contribution >= 0.6 is 0 Å². The zero-order valence-electron chi connectivity index (χ0n) is 10.5. The Balaban J connectivity index is 1.87. The molecule has 0 spiro atoms. The number of ether oxygens (including phenoxy) is 1. The van der Waals surface area contributed by atoms with Gasteiger partial charge in [0.2, 0.25) is 0 Å². The molecule has 3 unspecified atom stereocenters. The highest BCUT2D eigenvalue weighted by molar-refractivity contribution is 5.41. The molecular formula is C15H21NO.